The van der Waals surface area contributed by atoms with Crippen molar-refractivity contribution in [3.63, 3.8) is 0 Å². The van der Waals surface area contributed by atoms with Crippen molar-refractivity contribution in [3.8, 4) is 5.69 Å². The van der Waals surface area contributed by atoms with Gasteiger partial charge in [-0.25, -0.2) is 4.79 Å². The number of hydrogen-bond donors (Lipinski definition) is 2. The molecule has 216 valence electrons. The van der Waals surface area contributed by atoms with Gasteiger partial charge in [0.25, 0.3) is 11.8 Å². The van der Waals surface area contributed by atoms with E-state index in [1.54, 1.807) is 30.8 Å². The Morgan fingerprint density at radius 1 is 0.976 bits per heavy atom. The molecule has 3 heterocycles. The highest BCUT2D eigenvalue weighted by atomic mass is 35.5. The number of halogens is 1. The third kappa shape index (κ3) is 4.98. The molecule has 3 aromatic heterocycles. The Bertz CT molecular complexity index is 1890. The molecule has 42 heavy (non-hydrogen) atoms. The average molecular weight is 585 g/mol. The van der Waals surface area contributed by atoms with Gasteiger partial charge in [0.15, 0.2) is 0 Å². The molecule has 0 unspecified atom stereocenters. The van der Waals surface area contributed by atoms with E-state index >= 15 is 0 Å². The van der Waals surface area contributed by atoms with Gasteiger partial charge in [-0.1, -0.05) is 23.7 Å². The Balaban J connectivity index is 1.23. The van der Waals surface area contributed by atoms with Gasteiger partial charge in [0.2, 0.25) is 0 Å². The molecule has 0 radical (unpaired) electrons. The van der Waals surface area contributed by atoms with Crippen LogP contribution in [0.2, 0.25) is 5.02 Å². The highest BCUT2D eigenvalue weighted by Crippen LogP contribution is 2.29. The molecule has 2 aromatic carbocycles. The predicted octanol–water partition coefficient (Wildman–Crippen LogP) is 4.99. The maximum atomic E-state index is 13.9. The van der Waals surface area contributed by atoms with Crippen LogP contribution in [0.1, 0.15) is 52.2 Å². The Morgan fingerprint density at radius 2 is 1.71 bits per heavy atom. The van der Waals surface area contributed by atoms with E-state index in [1.807, 2.05) is 64.7 Å². The second-order valence-electron chi connectivity index (χ2n) is 11.1. The zero-order valence-electron chi connectivity index (χ0n) is 23.9. The Hall–Kier alpha value is -4.37. The van der Waals surface area contributed by atoms with Crippen molar-refractivity contribution < 1.29 is 9.59 Å². The molecular weight excluding hydrogens is 552 g/mol. The minimum Gasteiger partial charge on any atom is -0.354 e. The lowest BCUT2D eigenvalue weighted by Gasteiger charge is -2.29. The van der Waals surface area contributed by atoms with Crippen LogP contribution in [0.15, 0.2) is 65.6 Å². The van der Waals surface area contributed by atoms with E-state index in [-0.39, 0.29) is 23.5 Å². The summed E-state index contributed by atoms with van der Waals surface area (Å²) < 4.78 is 5.50. The number of carbonyl (C=O) groups is 2. The first-order valence-electron chi connectivity index (χ1n) is 14.2. The van der Waals surface area contributed by atoms with Crippen molar-refractivity contribution in [2.75, 3.05) is 7.05 Å². The monoisotopic (exact) mass is 584 g/mol. The third-order valence-electron chi connectivity index (χ3n) is 8.50. The minimum absolute atomic E-state index is 0.0717. The Morgan fingerprint density at radius 3 is 2.45 bits per heavy atom. The van der Waals surface area contributed by atoms with Crippen LogP contribution in [0.4, 0.5) is 0 Å². The molecule has 1 aliphatic carbocycles. The SMILES string of the molecule is CNC(=O)c1cc2cc(-n3c(=O)n(CC4CCC(NC(=O)c5cc(Cl)cnc5C)CC4)c4ccccc43)ccc2n1C. The number of fused-ring (bicyclic) bond motifs is 2. The zero-order valence-corrected chi connectivity index (χ0v) is 24.6. The van der Waals surface area contributed by atoms with Gasteiger partial charge in [0.1, 0.15) is 5.69 Å². The maximum absolute atomic E-state index is 13.9. The number of nitrogens with one attached hydrogen (secondary N) is 2. The normalized spacial score (nSPS) is 17.0. The largest absolute Gasteiger partial charge is 0.354 e. The summed E-state index contributed by atoms with van der Waals surface area (Å²) in [6, 6.07) is 17.3. The van der Waals surface area contributed by atoms with E-state index < -0.39 is 0 Å². The number of hydrogen-bond acceptors (Lipinski definition) is 4. The molecule has 1 aliphatic rings. The number of benzene rings is 2. The fourth-order valence-corrected chi connectivity index (χ4v) is 6.36. The van der Waals surface area contributed by atoms with E-state index in [4.69, 9.17) is 11.6 Å². The van der Waals surface area contributed by atoms with Gasteiger partial charge in [-0.2, -0.15) is 0 Å². The molecule has 0 saturated heterocycles. The smallest absolute Gasteiger partial charge is 0.333 e. The van der Waals surface area contributed by atoms with Crippen molar-refractivity contribution >= 4 is 45.4 Å². The van der Waals surface area contributed by atoms with Gasteiger partial charge in [-0.3, -0.25) is 23.7 Å². The second-order valence-corrected chi connectivity index (χ2v) is 11.5. The molecule has 2 amide bonds. The number of aryl methyl sites for hydroxylation is 2. The number of amides is 2. The zero-order chi connectivity index (χ0) is 29.5. The summed E-state index contributed by atoms with van der Waals surface area (Å²) in [5.41, 5.74) is 5.04. The molecule has 9 nitrogen and oxygen atoms in total. The van der Waals surface area contributed by atoms with Crippen molar-refractivity contribution in [2.45, 2.75) is 45.2 Å². The van der Waals surface area contributed by atoms with E-state index in [0.29, 0.717) is 34.4 Å². The molecule has 10 heteroatoms. The Kier molecular flexibility index (Phi) is 7.36. The summed E-state index contributed by atoms with van der Waals surface area (Å²) in [5.74, 6) is 0.00867. The van der Waals surface area contributed by atoms with E-state index in [0.717, 1.165) is 53.3 Å². The van der Waals surface area contributed by atoms with Gasteiger partial charge in [-0.05, 0) is 81.0 Å². The van der Waals surface area contributed by atoms with Crippen LogP contribution in [0.25, 0.3) is 27.6 Å². The van der Waals surface area contributed by atoms with Crippen LogP contribution in [-0.4, -0.2) is 43.6 Å². The van der Waals surface area contributed by atoms with Gasteiger partial charge in [0, 0.05) is 43.8 Å². The number of para-hydroxylation sites is 2. The molecule has 0 atom stereocenters. The molecule has 0 spiro atoms. The van der Waals surface area contributed by atoms with E-state index in [2.05, 4.69) is 15.6 Å². The van der Waals surface area contributed by atoms with Crippen LogP contribution in [0.3, 0.4) is 0 Å². The molecule has 1 fully saturated rings. The number of aromatic nitrogens is 4. The van der Waals surface area contributed by atoms with Gasteiger partial charge < -0.3 is 15.2 Å². The molecule has 0 aliphatic heterocycles. The van der Waals surface area contributed by atoms with Gasteiger partial charge in [-0.15, -0.1) is 0 Å². The summed E-state index contributed by atoms with van der Waals surface area (Å²) in [5, 5.41) is 7.16. The number of rotatable bonds is 6. The topological polar surface area (TPSA) is 103 Å². The summed E-state index contributed by atoms with van der Waals surface area (Å²) >= 11 is 6.06. The number of carbonyl (C=O) groups excluding carboxylic acids is 2. The average Bonchev–Trinajstić information content (AvgIpc) is 3.47. The molecule has 2 N–H and O–H groups in total. The fourth-order valence-electron chi connectivity index (χ4n) is 6.20. The van der Waals surface area contributed by atoms with E-state index in [9.17, 15) is 14.4 Å². The standard InChI is InChI=1S/C32H33ClN6O3/c1-19-25(16-22(33)17-35-19)30(40)36-23-10-8-20(9-11-23)18-38-27-6-4-5-7-28(27)39(32(38)42)24-12-13-26-21(14-24)15-29(37(26)3)31(41)34-2/h4-7,12-17,20,23H,8-11,18H2,1-3H3,(H,34,41)(H,36,40). The molecule has 6 rings (SSSR count). The first-order valence-corrected chi connectivity index (χ1v) is 14.6. The first kappa shape index (κ1) is 27.8. The van der Waals surface area contributed by atoms with Crippen LogP contribution < -0.4 is 16.3 Å². The fraction of sp³-hybridized carbons (Fsp3) is 0.312. The first-order chi connectivity index (χ1) is 20.2. The predicted molar refractivity (Wildman–Crippen MR) is 165 cm³/mol. The van der Waals surface area contributed by atoms with Crippen LogP contribution in [-0.2, 0) is 13.6 Å². The van der Waals surface area contributed by atoms with Crippen LogP contribution >= 0.6 is 11.6 Å². The van der Waals surface area contributed by atoms with Crippen molar-refractivity contribution in [2.24, 2.45) is 13.0 Å². The lowest BCUT2D eigenvalue weighted by atomic mass is 9.85. The maximum Gasteiger partial charge on any atom is 0.333 e. The summed E-state index contributed by atoms with van der Waals surface area (Å²) in [7, 11) is 3.47. The van der Waals surface area contributed by atoms with Crippen LogP contribution in [0.5, 0.6) is 0 Å². The lowest BCUT2D eigenvalue weighted by molar-refractivity contribution is 0.0917. The van der Waals surface area contributed by atoms with Gasteiger partial charge >= 0.3 is 5.69 Å². The van der Waals surface area contributed by atoms with Crippen molar-refractivity contribution in [1.29, 1.82) is 0 Å². The van der Waals surface area contributed by atoms with Crippen LogP contribution in [0, 0.1) is 12.8 Å². The summed E-state index contributed by atoms with van der Waals surface area (Å²) in [6.07, 6.45) is 5.04. The Labute approximate surface area is 248 Å². The van der Waals surface area contributed by atoms with Crippen molar-refractivity contribution in [3.05, 3.63) is 93.3 Å². The number of nitrogens with zero attached hydrogens (tertiary/aromatic N) is 4. The quantitative estimate of drug-likeness (QED) is 0.293. The summed E-state index contributed by atoms with van der Waals surface area (Å²) in [4.78, 5) is 43.3. The highest BCUT2D eigenvalue weighted by Gasteiger charge is 2.26. The second kappa shape index (κ2) is 11.1. The highest BCUT2D eigenvalue weighted by molar-refractivity contribution is 6.30. The third-order valence-corrected chi connectivity index (χ3v) is 8.71. The number of imidazole rings is 1. The molecule has 0 bridgehead atoms. The molecule has 1 saturated carbocycles. The van der Waals surface area contributed by atoms with Gasteiger partial charge in [0.05, 0.1) is 33.0 Å². The lowest BCUT2D eigenvalue weighted by Crippen LogP contribution is -2.39. The minimum atomic E-state index is -0.158. The van der Waals surface area contributed by atoms with Crippen molar-refractivity contribution in [1.82, 2.24) is 29.3 Å². The summed E-state index contributed by atoms with van der Waals surface area (Å²) in [6.45, 7) is 2.41. The molecular formula is C32H33ClN6O3. The molecule has 5 aromatic rings. The number of pyridine rings is 1. The van der Waals surface area contributed by atoms with E-state index in [1.165, 1.54) is 0 Å².